The van der Waals surface area contributed by atoms with E-state index in [9.17, 15) is 9.59 Å². The Hall–Kier alpha value is -2.57. The summed E-state index contributed by atoms with van der Waals surface area (Å²) < 4.78 is 5.42. The molecule has 3 aromatic rings. The minimum atomic E-state index is -0.461. The molecule has 0 aliphatic heterocycles. The third-order valence-electron chi connectivity index (χ3n) is 3.74. The Morgan fingerprint density at radius 3 is 2.07 bits per heavy atom. The van der Waals surface area contributed by atoms with Crippen molar-refractivity contribution in [1.82, 2.24) is 15.0 Å². The minimum Gasteiger partial charge on any atom is -0.447 e. The van der Waals surface area contributed by atoms with Crippen molar-refractivity contribution in [3.8, 4) is 0 Å². The summed E-state index contributed by atoms with van der Waals surface area (Å²) in [4.78, 5) is 34.1. The summed E-state index contributed by atoms with van der Waals surface area (Å²) in [6, 6.07) is 4.85. The topological polar surface area (TPSA) is 91.8 Å². The van der Waals surface area contributed by atoms with E-state index < -0.39 is 11.1 Å². The first kappa shape index (κ1) is 19.2. The number of oxazole rings is 1. The predicted molar refractivity (Wildman–Crippen MR) is 106 cm³/mol. The first-order chi connectivity index (χ1) is 12.6. The number of hydrogen-bond donors (Lipinski definition) is 2. The number of nitrogens with zero attached hydrogens (tertiary/aromatic N) is 1. The van der Waals surface area contributed by atoms with Gasteiger partial charge in [0.05, 0.1) is 0 Å². The van der Waals surface area contributed by atoms with Gasteiger partial charge in [0, 0.05) is 15.5 Å². The Kier molecular flexibility index (Phi) is 5.13. The Bertz CT molecular complexity index is 1210. The normalized spacial score (nSPS) is 13.4. The number of H-pyrrole nitrogens is 2. The van der Waals surface area contributed by atoms with Crippen LogP contribution >= 0.6 is 23.2 Å². The zero-order chi connectivity index (χ0) is 19.8. The molecule has 0 radical (unpaired) electrons. The van der Waals surface area contributed by atoms with Crippen LogP contribution in [0.1, 0.15) is 37.8 Å². The van der Waals surface area contributed by atoms with Crippen LogP contribution in [0.15, 0.2) is 38.6 Å². The molecular formula is C19H17Cl2N3O3. The van der Waals surface area contributed by atoms with Crippen molar-refractivity contribution in [2.45, 2.75) is 26.2 Å². The smallest absolute Gasteiger partial charge is 0.272 e. The minimum absolute atomic E-state index is 0.0840. The van der Waals surface area contributed by atoms with Gasteiger partial charge in [-0.05, 0) is 35.9 Å². The zero-order valence-electron chi connectivity index (χ0n) is 14.9. The highest BCUT2D eigenvalue weighted by Gasteiger charge is 2.21. The number of aromatic nitrogens is 3. The van der Waals surface area contributed by atoms with Crippen LogP contribution in [0, 0.1) is 0 Å². The number of halogens is 2. The van der Waals surface area contributed by atoms with Crippen molar-refractivity contribution in [1.29, 1.82) is 0 Å². The Labute approximate surface area is 164 Å². The summed E-state index contributed by atoms with van der Waals surface area (Å²) in [5, 5.41) is 1.03. The number of rotatable bonds is 2. The Balaban J connectivity index is 2.14. The molecule has 3 rings (SSSR count). The summed E-state index contributed by atoms with van der Waals surface area (Å²) in [5.74, 6) is 0.618. The van der Waals surface area contributed by atoms with Gasteiger partial charge in [-0.2, -0.15) is 0 Å². The first-order valence-corrected chi connectivity index (χ1v) is 8.85. The van der Waals surface area contributed by atoms with E-state index >= 15 is 0 Å². The second-order valence-corrected chi connectivity index (χ2v) is 7.92. The van der Waals surface area contributed by atoms with Gasteiger partial charge in [0.25, 0.3) is 11.1 Å². The zero-order valence-corrected chi connectivity index (χ0v) is 16.4. The SMILES string of the molecule is CC(C)(C)c1ocnc1C=c1[nH]c(=O)c(=Cc2cc(Cl)cc(Cl)c2)[nH]c1=O. The fourth-order valence-corrected chi connectivity index (χ4v) is 3.12. The van der Waals surface area contributed by atoms with E-state index in [4.69, 9.17) is 27.6 Å². The highest BCUT2D eigenvalue weighted by atomic mass is 35.5. The molecule has 0 bridgehead atoms. The van der Waals surface area contributed by atoms with Crippen LogP contribution in [-0.4, -0.2) is 15.0 Å². The van der Waals surface area contributed by atoms with Gasteiger partial charge < -0.3 is 14.4 Å². The molecule has 0 amide bonds. The number of benzene rings is 1. The summed E-state index contributed by atoms with van der Waals surface area (Å²) in [6.07, 6.45) is 4.30. The lowest BCUT2D eigenvalue weighted by Gasteiger charge is -2.14. The second-order valence-electron chi connectivity index (χ2n) is 7.04. The molecule has 0 aliphatic rings. The molecule has 1 aromatic carbocycles. The lowest BCUT2D eigenvalue weighted by atomic mass is 9.92. The van der Waals surface area contributed by atoms with Gasteiger partial charge in [-0.25, -0.2) is 4.98 Å². The molecule has 140 valence electrons. The van der Waals surface area contributed by atoms with Crippen molar-refractivity contribution >= 4 is 35.4 Å². The number of nitrogens with one attached hydrogen (secondary N) is 2. The average molecular weight is 406 g/mol. The number of hydrogen-bond acceptors (Lipinski definition) is 4. The van der Waals surface area contributed by atoms with E-state index in [1.165, 1.54) is 18.5 Å². The fourth-order valence-electron chi connectivity index (χ4n) is 2.58. The van der Waals surface area contributed by atoms with Crippen LogP contribution in [0.2, 0.25) is 10.0 Å². The van der Waals surface area contributed by atoms with E-state index in [0.717, 1.165) is 0 Å². The Morgan fingerprint density at radius 1 is 0.963 bits per heavy atom. The molecule has 0 atom stereocenters. The van der Waals surface area contributed by atoms with Crippen molar-refractivity contribution in [3.05, 3.63) is 83.1 Å². The van der Waals surface area contributed by atoms with Gasteiger partial charge in [-0.15, -0.1) is 0 Å². The molecule has 8 heteroatoms. The van der Waals surface area contributed by atoms with E-state index in [-0.39, 0.29) is 16.1 Å². The molecule has 0 spiro atoms. The van der Waals surface area contributed by atoms with E-state index in [1.54, 1.807) is 18.2 Å². The quantitative estimate of drug-likeness (QED) is 0.683. The molecule has 27 heavy (non-hydrogen) atoms. The third kappa shape index (κ3) is 4.40. The van der Waals surface area contributed by atoms with Crippen molar-refractivity contribution in [3.63, 3.8) is 0 Å². The molecule has 0 saturated heterocycles. The summed E-state index contributed by atoms with van der Waals surface area (Å²) in [5.41, 5.74) is -0.136. The van der Waals surface area contributed by atoms with Gasteiger partial charge >= 0.3 is 0 Å². The van der Waals surface area contributed by atoms with Gasteiger partial charge in [-0.1, -0.05) is 44.0 Å². The molecule has 0 fully saturated rings. The van der Waals surface area contributed by atoms with Crippen LogP contribution in [-0.2, 0) is 5.41 Å². The molecule has 2 heterocycles. The maximum Gasteiger partial charge on any atom is 0.272 e. The van der Waals surface area contributed by atoms with Crippen LogP contribution < -0.4 is 21.8 Å². The number of aromatic amines is 2. The summed E-state index contributed by atoms with van der Waals surface area (Å²) >= 11 is 11.9. The van der Waals surface area contributed by atoms with Crippen molar-refractivity contribution in [2.24, 2.45) is 0 Å². The van der Waals surface area contributed by atoms with Gasteiger partial charge in [-0.3, -0.25) is 9.59 Å². The maximum absolute atomic E-state index is 12.4. The highest BCUT2D eigenvalue weighted by Crippen LogP contribution is 2.25. The summed E-state index contributed by atoms with van der Waals surface area (Å²) in [6.45, 7) is 5.89. The maximum atomic E-state index is 12.4. The van der Waals surface area contributed by atoms with Crippen molar-refractivity contribution < 1.29 is 4.42 Å². The van der Waals surface area contributed by atoms with Crippen molar-refractivity contribution in [2.75, 3.05) is 0 Å². The second kappa shape index (κ2) is 7.21. The molecule has 2 aromatic heterocycles. The van der Waals surface area contributed by atoms with Gasteiger partial charge in [0.2, 0.25) is 0 Å². The van der Waals surface area contributed by atoms with Crippen LogP contribution in [0.3, 0.4) is 0 Å². The largest absolute Gasteiger partial charge is 0.447 e. The lowest BCUT2D eigenvalue weighted by Crippen LogP contribution is -2.46. The first-order valence-electron chi connectivity index (χ1n) is 8.09. The molecule has 6 nitrogen and oxygen atoms in total. The monoisotopic (exact) mass is 405 g/mol. The van der Waals surface area contributed by atoms with Crippen LogP contribution in [0.5, 0.6) is 0 Å². The van der Waals surface area contributed by atoms with Gasteiger partial charge in [0.1, 0.15) is 22.2 Å². The van der Waals surface area contributed by atoms with Gasteiger partial charge in [0.15, 0.2) is 6.39 Å². The molecule has 0 saturated carbocycles. The van der Waals surface area contributed by atoms with Crippen LogP contribution in [0.25, 0.3) is 12.2 Å². The molecular weight excluding hydrogens is 389 g/mol. The standard InChI is InChI=1S/C19H17Cl2N3O3/c1-19(2,3)16-13(22-9-27-16)8-15-18(26)23-14(17(25)24-15)6-10-4-11(20)7-12(21)5-10/h4-9H,1-3H3,(H,23,26)(H,24,25). The lowest BCUT2D eigenvalue weighted by molar-refractivity contribution is 0.407. The predicted octanol–water partition coefficient (Wildman–Crippen LogP) is 2.31. The van der Waals surface area contributed by atoms with Crippen LogP contribution in [0.4, 0.5) is 0 Å². The Morgan fingerprint density at radius 2 is 1.52 bits per heavy atom. The summed E-state index contributed by atoms with van der Waals surface area (Å²) in [7, 11) is 0. The molecule has 2 N–H and O–H groups in total. The molecule has 0 unspecified atom stereocenters. The van der Waals surface area contributed by atoms with E-state index in [0.29, 0.717) is 27.1 Å². The van der Waals surface area contributed by atoms with E-state index in [1.807, 2.05) is 20.8 Å². The fraction of sp³-hybridized carbons (Fsp3) is 0.211. The average Bonchev–Trinajstić information content (AvgIpc) is 2.99. The molecule has 0 aliphatic carbocycles. The third-order valence-corrected chi connectivity index (χ3v) is 4.18. The highest BCUT2D eigenvalue weighted by molar-refractivity contribution is 6.34. The van der Waals surface area contributed by atoms with E-state index in [2.05, 4.69) is 15.0 Å².